The van der Waals surface area contributed by atoms with E-state index in [9.17, 15) is 4.79 Å². The first-order valence-electron chi connectivity index (χ1n) is 6.62. The Morgan fingerprint density at radius 1 is 1.10 bits per heavy atom. The summed E-state index contributed by atoms with van der Waals surface area (Å²) in [7, 11) is 0. The third-order valence-corrected chi connectivity index (χ3v) is 3.45. The van der Waals surface area contributed by atoms with E-state index >= 15 is 0 Å². The molecule has 110 valence electrons. The van der Waals surface area contributed by atoms with E-state index < -0.39 is 5.97 Å². The Bertz CT molecular complexity index is 642. The van der Waals surface area contributed by atoms with Crippen LogP contribution in [0.1, 0.15) is 16.7 Å². The monoisotopic (exact) mass is 348 g/mol. The normalized spacial score (nSPS) is 10.3. The van der Waals surface area contributed by atoms with E-state index in [1.165, 1.54) is 0 Å². The molecule has 0 unspecified atom stereocenters. The van der Waals surface area contributed by atoms with Gasteiger partial charge in [-0.1, -0.05) is 28.1 Å². The lowest BCUT2D eigenvalue weighted by Crippen LogP contribution is -2.18. The SMILES string of the molecule is Cc1cccc(OCC(=O)Oc2c(C)cc(Br)cc2C)c1. The molecule has 0 spiro atoms. The highest BCUT2D eigenvalue weighted by atomic mass is 79.9. The number of carbonyl (C=O) groups excluding carboxylic acids is 1. The molecule has 0 heterocycles. The largest absolute Gasteiger partial charge is 0.482 e. The highest BCUT2D eigenvalue weighted by Gasteiger charge is 2.11. The van der Waals surface area contributed by atoms with Gasteiger partial charge < -0.3 is 9.47 Å². The van der Waals surface area contributed by atoms with Crippen molar-refractivity contribution in [2.24, 2.45) is 0 Å². The van der Waals surface area contributed by atoms with Gasteiger partial charge in [-0.05, 0) is 61.7 Å². The summed E-state index contributed by atoms with van der Waals surface area (Å²) in [5.41, 5.74) is 2.90. The average molecular weight is 349 g/mol. The average Bonchev–Trinajstić information content (AvgIpc) is 2.40. The summed E-state index contributed by atoms with van der Waals surface area (Å²) in [6, 6.07) is 11.4. The second-order valence-electron chi connectivity index (χ2n) is 4.95. The van der Waals surface area contributed by atoms with E-state index in [1.54, 1.807) is 0 Å². The van der Waals surface area contributed by atoms with E-state index in [-0.39, 0.29) is 6.61 Å². The Labute approximate surface area is 133 Å². The summed E-state index contributed by atoms with van der Waals surface area (Å²) in [4.78, 5) is 11.9. The predicted octanol–water partition coefficient (Wildman–Crippen LogP) is 4.36. The van der Waals surface area contributed by atoms with Crippen LogP contribution in [0.15, 0.2) is 40.9 Å². The van der Waals surface area contributed by atoms with Crippen LogP contribution in [0.2, 0.25) is 0 Å². The molecule has 0 amide bonds. The Morgan fingerprint density at radius 2 is 1.76 bits per heavy atom. The van der Waals surface area contributed by atoms with Crippen molar-refractivity contribution >= 4 is 21.9 Å². The summed E-state index contributed by atoms with van der Waals surface area (Å²) < 4.78 is 11.8. The molecule has 0 aliphatic heterocycles. The Balaban J connectivity index is 1.99. The lowest BCUT2D eigenvalue weighted by Gasteiger charge is -2.12. The Hall–Kier alpha value is -1.81. The van der Waals surface area contributed by atoms with Gasteiger partial charge in [0.25, 0.3) is 0 Å². The first-order valence-corrected chi connectivity index (χ1v) is 7.42. The molecule has 0 fully saturated rings. The van der Waals surface area contributed by atoms with Crippen LogP contribution in [0.25, 0.3) is 0 Å². The predicted molar refractivity (Wildman–Crippen MR) is 85.9 cm³/mol. The molecule has 0 bridgehead atoms. The molecule has 2 aromatic carbocycles. The molecule has 2 rings (SSSR count). The zero-order valence-corrected chi connectivity index (χ0v) is 13.9. The minimum atomic E-state index is -0.412. The maximum atomic E-state index is 11.9. The number of aryl methyl sites for hydroxylation is 3. The van der Waals surface area contributed by atoms with Crippen molar-refractivity contribution in [2.75, 3.05) is 6.61 Å². The van der Waals surface area contributed by atoms with Crippen LogP contribution in [-0.4, -0.2) is 12.6 Å². The van der Waals surface area contributed by atoms with E-state index in [4.69, 9.17) is 9.47 Å². The fraction of sp³-hybridized carbons (Fsp3) is 0.235. The van der Waals surface area contributed by atoms with Gasteiger partial charge in [-0.25, -0.2) is 4.79 Å². The number of rotatable bonds is 4. The number of halogens is 1. The molecule has 0 aliphatic rings. The third-order valence-electron chi connectivity index (χ3n) is 2.99. The van der Waals surface area contributed by atoms with Crippen molar-refractivity contribution in [1.29, 1.82) is 0 Å². The van der Waals surface area contributed by atoms with Gasteiger partial charge in [0.05, 0.1) is 0 Å². The molecule has 0 saturated heterocycles. The standard InChI is InChI=1S/C17H17BrO3/c1-11-5-4-6-15(7-11)20-10-16(19)21-17-12(2)8-14(18)9-13(17)3/h4-9H,10H2,1-3H3. The number of hydrogen-bond acceptors (Lipinski definition) is 3. The summed E-state index contributed by atoms with van der Waals surface area (Å²) in [5.74, 6) is 0.845. The second kappa shape index (κ2) is 6.76. The summed E-state index contributed by atoms with van der Waals surface area (Å²) in [6.07, 6.45) is 0. The fourth-order valence-corrected chi connectivity index (χ4v) is 2.74. The van der Waals surface area contributed by atoms with Gasteiger partial charge in [0.15, 0.2) is 6.61 Å². The third kappa shape index (κ3) is 4.33. The van der Waals surface area contributed by atoms with Gasteiger partial charge in [0.2, 0.25) is 0 Å². The van der Waals surface area contributed by atoms with Gasteiger partial charge in [-0.3, -0.25) is 0 Å². The van der Waals surface area contributed by atoms with E-state index in [0.29, 0.717) is 11.5 Å². The minimum absolute atomic E-state index is 0.113. The van der Waals surface area contributed by atoms with E-state index in [0.717, 1.165) is 21.2 Å². The second-order valence-corrected chi connectivity index (χ2v) is 5.86. The van der Waals surface area contributed by atoms with E-state index in [2.05, 4.69) is 15.9 Å². The summed E-state index contributed by atoms with van der Waals surface area (Å²) >= 11 is 3.42. The van der Waals surface area contributed by atoms with Crippen LogP contribution in [0.3, 0.4) is 0 Å². The summed E-state index contributed by atoms with van der Waals surface area (Å²) in [5, 5.41) is 0. The molecule has 0 N–H and O–H groups in total. The molecule has 0 atom stereocenters. The number of carbonyl (C=O) groups is 1. The Kier molecular flexibility index (Phi) is 5.02. The molecule has 0 aromatic heterocycles. The van der Waals surface area contributed by atoms with Gasteiger partial charge in [-0.15, -0.1) is 0 Å². The maximum absolute atomic E-state index is 11.9. The van der Waals surface area contributed by atoms with Gasteiger partial charge in [-0.2, -0.15) is 0 Å². The van der Waals surface area contributed by atoms with Gasteiger partial charge in [0.1, 0.15) is 11.5 Å². The quantitative estimate of drug-likeness (QED) is 0.608. The molecule has 21 heavy (non-hydrogen) atoms. The molecule has 0 aliphatic carbocycles. The van der Waals surface area contributed by atoms with Gasteiger partial charge >= 0.3 is 5.97 Å². The van der Waals surface area contributed by atoms with Crippen molar-refractivity contribution in [1.82, 2.24) is 0 Å². The number of esters is 1. The van der Waals surface area contributed by atoms with Gasteiger partial charge in [0, 0.05) is 4.47 Å². The number of ether oxygens (including phenoxy) is 2. The highest BCUT2D eigenvalue weighted by Crippen LogP contribution is 2.27. The lowest BCUT2D eigenvalue weighted by molar-refractivity contribution is -0.136. The van der Waals surface area contributed by atoms with Crippen molar-refractivity contribution < 1.29 is 14.3 Å². The molecule has 0 radical (unpaired) electrons. The van der Waals surface area contributed by atoms with Crippen LogP contribution in [0.5, 0.6) is 11.5 Å². The summed E-state index contributed by atoms with van der Waals surface area (Å²) in [6.45, 7) is 5.67. The van der Waals surface area contributed by atoms with Crippen LogP contribution < -0.4 is 9.47 Å². The molecular weight excluding hydrogens is 332 g/mol. The first-order chi connectivity index (χ1) is 9.95. The molecule has 4 heteroatoms. The van der Waals surface area contributed by atoms with Crippen LogP contribution in [0, 0.1) is 20.8 Å². The van der Waals surface area contributed by atoms with Crippen molar-refractivity contribution in [3.63, 3.8) is 0 Å². The minimum Gasteiger partial charge on any atom is -0.482 e. The van der Waals surface area contributed by atoms with Crippen LogP contribution in [-0.2, 0) is 4.79 Å². The fourth-order valence-electron chi connectivity index (χ4n) is 2.05. The molecular formula is C17H17BrO3. The highest BCUT2D eigenvalue weighted by molar-refractivity contribution is 9.10. The van der Waals surface area contributed by atoms with Crippen molar-refractivity contribution in [3.05, 3.63) is 57.6 Å². The van der Waals surface area contributed by atoms with Crippen molar-refractivity contribution in [2.45, 2.75) is 20.8 Å². The van der Waals surface area contributed by atoms with Crippen LogP contribution in [0.4, 0.5) is 0 Å². The maximum Gasteiger partial charge on any atom is 0.349 e. The molecule has 0 saturated carbocycles. The molecule has 2 aromatic rings. The zero-order chi connectivity index (χ0) is 15.4. The van der Waals surface area contributed by atoms with Crippen LogP contribution >= 0.6 is 15.9 Å². The number of benzene rings is 2. The lowest BCUT2D eigenvalue weighted by atomic mass is 10.1. The van der Waals surface area contributed by atoms with E-state index in [1.807, 2.05) is 57.2 Å². The first kappa shape index (κ1) is 15.6. The molecule has 3 nitrogen and oxygen atoms in total. The topological polar surface area (TPSA) is 35.5 Å². The smallest absolute Gasteiger partial charge is 0.349 e. The zero-order valence-electron chi connectivity index (χ0n) is 12.3. The number of hydrogen-bond donors (Lipinski definition) is 0. The Morgan fingerprint density at radius 3 is 2.38 bits per heavy atom. The van der Waals surface area contributed by atoms with Crippen molar-refractivity contribution in [3.8, 4) is 11.5 Å².